The first kappa shape index (κ1) is 38.1. The number of alkyl halides is 6. The van der Waals surface area contributed by atoms with Crippen LogP contribution in [-0.4, -0.2) is 83.6 Å². The van der Waals surface area contributed by atoms with E-state index in [2.05, 4.69) is 5.32 Å². The molecule has 0 spiro atoms. The van der Waals surface area contributed by atoms with Crippen LogP contribution in [0.5, 0.6) is 23.0 Å². The fourth-order valence-corrected chi connectivity index (χ4v) is 6.90. The van der Waals surface area contributed by atoms with Gasteiger partial charge in [0.05, 0.1) is 50.9 Å². The summed E-state index contributed by atoms with van der Waals surface area (Å²) in [6.07, 6.45) is -10.4. The van der Waals surface area contributed by atoms with E-state index in [1.807, 2.05) is 0 Å². The number of benzene rings is 3. The highest BCUT2D eigenvalue weighted by Crippen LogP contribution is 2.37. The summed E-state index contributed by atoms with van der Waals surface area (Å²) in [5.41, 5.74) is -3.19. The second-order valence-electron chi connectivity index (χ2n) is 11.0. The van der Waals surface area contributed by atoms with Crippen molar-refractivity contribution in [3.8, 4) is 23.0 Å². The number of sulfonamides is 1. The molecule has 1 atom stereocenters. The number of hydrogen-bond acceptors (Lipinski definition) is 8. The van der Waals surface area contributed by atoms with Gasteiger partial charge in [0.25, 0.3) is 0 Å². The molecule has 1 heterocycles. The van der Waals surface area contributed by atoms with E-state index in [1.165, 1.54) is 51.5 Å². The maximum atomic E-state index is 13.9. The minimum absolute atomic E-state index is 0.0498. The van der Waals surface area contributed by atoms with Crippen molar-refractivity contribution in [1.82, 2.24) is 14.5 Å². The zero-order valence-corrected chi connectivity index (χ0v) is 28.0. The lowest BCUT2D eigenvalue weighted by Crippen LogP contribution is -2.61. The van der Waals surface area contributed by atoms with Gasteiger partial charge in [0.15, 0.2) is 23.0 Å². The van der Waals surface area contributed by atoms with Crippen molar-refractivity contribution in [1.29, 1.82) is 0 Å². The lowest BCUT2D eigenvalue weighted by atomic mass is 10.0. The Bertz CT molecular complexity index is 1800. The third kappa shape index (κ3) is 8.53. The SMILES string of the molecule is COc1ccc(CC(=O)N2CCN(S(=O)(=O)c3ccc(OC)c(OC)c3)C(C(=O)NCc3cc(C(F)(F)F)cc(C(F)(F)F)c3)C2)cc1OC. The summed E-state index contributed by atoms with van der Waals surface area (Å²) in [5, 5.41) is 2.26. The summed E-state index contributed by atoms with van der Waals surface area (Å²) < 4.78 is 130. The van der Waals surface area contributed by atoms with Gasteiger partial charge in [-0.15, -0.1) is 0 Å². The quantitative estimate of drug-likeness (QED) is 0.286. The highest BCUT2D eigenvalue weighted by molar-refractivity contribution is 7.89. The van der Waals surface area contributed by atoms with E-state index in [0.29, 0.717) is 29.2 Å². The zero-order valence-electron chi connectivity index (χ0n) is 27.1. The Hall–Kier alpha value is -4.71. The normalized spacial score (nSPS) is 15.7. The number of hydrogen-bond donors (Lipinski definition) is 1. The second-order valence-corrected chi connectivity index (χ2v) is 12.9. The molecule has 1 aliphatic heterocycles. The summed E-state index contributed by atoms with van der Waals surface area (Å²) in [6.45, 7) is -1.83. The van der Waals surface area contributed by atoms with Gasteiger partial charge < -0.3 is 29.2 Å². The van der Waals surface area contributed by atoms with Crippen LogP contribution < -0.4 is 24.3 Å². The number of amides is 2. The van der Waals surface area contributed by atoms with Gasteiger partial charge in [0.2, 0.25) is 21.8 Å². The Balaban J connectivity index is 1.66. The smallest absolute Gasteiger partial charge is 0.416 e. The molecule has 272 valence electrons. The number of carbonyl (C=O) groups is 2. The first-order valence-electron chi connectivity index (χ1n) is 14.7. The predicted octanol–water partition coefficient (Wildman–Crippen LogP) is 4.52. The number of methoxy groups -OCH3 is 4. The van der Waals surface area contributed by atoms with Crippen LogP contribution in [0.15, 0.2) is 59.5 Å². The van der Waals surface area contributed by atoms with Crippen LogP contribution in [0.3, 0.4) is 0 Å². The molecule has 3 aromatic rings. The minimum atomic E-state index is -5.12. The Labute approximate surface area is 283 Å². The maximum Gasteiger partial charge on any atom is 0.416 e. The van der Waals surface area contributed by atoms with Gasteiger partial charge >= 0.3 is 12.4 Å². The van der Waals surface area contributed by atoms with Crippen LogP contribution in [0.2, 0.25) is 0 Å². The number of ether oxygens (including phenoxy) is 4. The van der Waals surface area contributed by atoms with Gasteiger partial charge in [-0.3, -0.25) is 9.59 Å². The molecular formula is C32H33F6N3O8S. The van der Waals surface area contributed by atoms with Crippen LogP contribution in [0.25, 0.3) is 0 Å². The Morgan fingerprint density at radius 2 is 1.28 bits per heavy atom. The van der Waals surface area contributed by atoms with E-state index in [4.69, 9.17) is 18.9 Å². The standard InChI is InChI=1S/C32H33F6N3O8S/c1-46-25-7-5-19(13-27(25)48-3)14-29(42)40-9-10-41(50(44,45)23-6-8-26(47-2)28(16-23)49-4)24(18-40)30(43)39-17-20-11-21(31(33,34)35)15-22(12-20)32(36,37)38/h5-8,11-13,15-16,24H,9-10,14,17-18H2,1-4H3,(H,39,43). The summed E-state index contributed by atoms with van der Waals surface area (Å²) in [6, 6.07) is 7.70. The molecule has 1 saturated heterocycles. The summed E-state index contributed by atoms with van der Waals surface area (Å²) >= 11 is 0. The topological polar surface area (TPSA) is 124 Å². The van der Waals surface area contributed by atoms with Crippen LogP contribution in [0.1, 0.15) is 22.3 Å². The molecule has 1 N–H and O–H groups in total. The van der Waals surface area contributed by atoms with E-state index in [-0.39, 0.29) is 42.0 Å². The Morgan fingerprint density at radius 1 is 0.740 bits per heavy atom. The maximum absolute atomic E-state index is 13.9. The van der Waals surface area contributed by atoms with Crippen molar-refractivity contribution in [2.24, 2.45) is 0 Å². The van der Waals surface area contributed by atoms with E-state index in [1.54, 1.807) is 18.2 Å². The number of nitrogens with one attached hydrogen (secondary N) is 1. The van der Waals surface area contributed by atoms with E-state index in [0.717, 1.165) is 4.31 Å². The first-order chi connectivity index (χ1) is 23.4. The molecule has 0 aromatic heterocycles. The van der Waals surface area contributed by atoms with E-state index in [9.17, 15) is 44.3 Å². The fraction of sp³-hybridized carbons (Fsp3) is 0.375. The lowest BCUT2D eigenvalue weighted by molar-refractivity contribution is -0.143. The van der Waals surface area contributed by atoms with Crippen molar-refractivity contribution < 1.29 is 63.3 Å². The molecule has 1 aliphatic rings. The van der Waals surface area contributed by atoms with Gasteiger partial charge in [-0.1, -0.05) is 6.07 Å². The molecule has 11 nitrogen and oxygen atoms in total. The van der Waals surface area contributed by atoms with Crippen molar-refractivity contribution in [3.63, 3.8) is 0 Å². The van der Waals surface area contributed by atoms with Gasteiger partial charge in [-0.05, 0) is 53.6 Å². The minimum Gasteiger partial charge on any atom is -0.493 e. The summed E-state index contributed by atoms with van der Waals surface area (Å²) in [7, 11) is 0.967. The molecule has 1 unspecified atom stereocenters. The zero-order chi connectivity index (χ0) is 37.0. The molecule has 50 heavy (non-hydrogen) atoms. The van der Waals surface area contributed by atoms with E-state index >= 15 is 0 Å². The molecule has 18 heteroatoms. The van der Waals surface area contributed by atoms with Gasteiger partial charge in [0.1, 0.15) is 6.04 Å². The number of nitrogens with zero attached hydrogens (tertiary/aromatic N) is 2. The summed E-state index contributed by atoms with van der Waals surface area (Å²) in [5.74, 6) is -0.523. The Morgan fingerprint density at radius 3 is 1.82 bits per heavy atom. The second kappa shape index (κ2) is 15.0. The van der Waals surface area contributed by atoms with Crippen molar-refractivity contribution in [2.45, 2.75) is 36.3 Å². The number of rotatable bonds is 11. The van der Waals surface area contributed by atoms with Crippen LogP contribution >= 0.6 is 0 Å². The summed E-state index contributed by atoms with van der Waals surface area (Å²) in [4.78, 5) is 28.0. The molecule has 3 aromatic carbocycles. The van der Waals surface area contributed by atoms with Crippen molar-refractivity contribution in [2.75, 3.05) is 48.1 Å². The molecule has 4 rings (SSSR count). The van der Waals surface area contributed by atoms with Crippen molar-refractivity contribution >= 4 is 21.8 Å². The number of carbonyl (C=O) groups excluding carboxylic acids is 2. The number of halogens is 6. The highest BCUT2D eigenvalue weighted by atomic mass is 32.2. The molecule has 1 fully saturated rings. The third-order valence-electron chi connectivity index (χ3n) is 7.87. The van der Waals surface area contributed by atoms with E-state index < -0.39 is 70.0 Å². The molecule has 2 amide bonds. The molecule has 0 radical (unpaired) electrons. The lowest BCUT2D eigenvalue weighted by Gasteiger charge is -2.39. The van der Waals surface area contributed by atoms with Crippen molar-refractivity contribution in [3.05, 3.63) is 76.9 Å². The monoisotopic (exact) mass is 733 g/mol. The van der Waals surface area contributed by atoms with Gasteiger partial charge in [0, 0.05) is 32.2 Å². The highest BCUT2D eigenvalue weighted by Gasteiger charge is 2.42. The fourth-order valence-electron chi connectivity index (χ4n) is 5.31. The third-order valence-corrected chi connectivity index (χ3v) is 9.77. The predicted molar refractivity (Wildman–Crippen MR) is 165 cm³/mol. The largest absolute Gasteiger partial charge is 0.493 e. The average molecular weight is 734 g/mol. The van der Waals surface area contributed by atoms with Crippen LogP contribution in [0, 0.1) is 0 Å². The number of piperazine rings is 1. The van der Waals surface area contributed by atoms with Crippen LogP contribution in [-0.2, 0) is 44.9 Å². The Kier molecular flexibility index (Phi) is 11.5. The van der Waals surface area contributed by atoms with Gasteiger partial charge in [-0.2, -0.15) is 30.6 Å². The molecule has 0 saturated carbocycles. The molecule has 0 aliphatic carbocycles. The average Bonchev–Trinajstić information content (AvgIpc) is 3.08. The molecular weight excluding hydrogens is 700 g/mol. The van der Waals surface area contributed by atoms with Gasteiger partial charge in [-0.25, -0.2) is 8.42 Å². The first-order valence-corrected chi connectivity index (χ1v) is 16.2. The molecule has 0 bridgehead atoms. The van der Waals surface area contributed by atoms with Crippen LogP contribution in [0.4, 0.5) is 26.3 Å².